The van der Waals surface area contributed by atoms with Crippen LogP contribution in [0.25, 0.3) is 0 Å². The summed E-state index contributed by atoms with van der Waals surface area (Å²) in [6.07, 6.45) is -0.0397. The van der Waals surface area contributed by atoms with Crippen LogP contribution in [0.15, 0.2) is 36.4 Å². The van der Waals surface area contributed by atoms with Gasteiger partial charge in [0.05, 0.1) is 0 Å². The summed E-state index contributed by atoms with van der Waals surface area (Å²) in [7, 11) is 0. The first-order chi connectivity index (χ1) is 10.9. The summed E-state index contributed by atoms with van der Waals surface area (Å²) >= 11 is 11.9. The van der Waals surface area contributed by atoms with Crippen molar-refractivity contribution in [2.75, 3.05) is 5.32 Å². The Kier molecular flexibility index (Phi) is 5.91. The number of anilines is 1. The van der Waals surface area contributed by atoms with E-state index in [9.17, 15) is 4.79 Å². The van der Waals surface area contributed by atoms with Crippen molar-refractivity contribution in [1.29, 1.82) is 0 Å². The van der Waals surface area contributed by atoms with Crippen molar-refractivity contribution in [2.45, 2.75) is 33.3 Å². The highest BCUT2D eigenvalue weighted by Gasteiger charge is 2.19. The minimum absolute atomic E-state index is 0.231. The summed E-state index contributed by atoms with van der Waals surface area (Å²) in [4.78, 5) is 12.4. The van der Waals surface area contributed by atoms with E-state index in [0.29, 0.717) is 27.9 Å². The number of halogens is 2. The fourth-order valence-electron chi connectivity index (χ4n) is 2.26. The number of amides is 1. The minimum atomic E-state index is -0.589. The summed E-state index contributed by atoms with van der Waals surface area (Å²) in [5, 5.41) is 3.73. The van der Waals surface area contributed by atoms with Crippen LogP contribution in [0.3, 0.4) is 0 Å². The maximum absolute atomic E-state index is 12.4. The first-order valence-electron chi connectivity index (χ1n) is 7.40. The van der Waals surface area contributed by atoms with Crippen molar-refractivity contribution in [3.63, 3.8) is 0 Å². The number of aryl methyl sites for hydroxylation is 2. The van der Waals surface area contributed by atoms with Gasteiger partial charge >= 0.3 is 0 Å². The van der Waals surface area contributed by atoms with Crippen molar-refractivity contribution in [1.82, 2.24) is 0 Å². The van der Waals surface area contributed by atoms with Crippen molar-refractivity contribution in [3.05, 3.63) is 57.6 Å². The van der Waals surface area contributed by atoms with Crippen molar-refractivity contribution >= 4 is 34.8 Å². The largest absolute Gasteiger partial charge is 0.480 e. The summed E-state index contributed by atoms with van der Waals surface area (Å²) in [5.74, 6) is 0.479. The minimum Gasteiger partial charge on any atom is -0.480 e. The Morgan fingerprint density at radius 1 is 1.13 bits per heavy atom. The SMILES string of the molecule is CC[C@H](Oc1ccc(C)cc1C)C(=O)Nc1cc(Cl)cc(Cl)c1. The van der Waals surface area contributed by atoms with Gasteiger partial charge < -0.3 is 10.1 Å². The zero-order valence-corrected chi connectivity index (χ0v) is 14.8. The number of hydrogen-bond donors (Lipinski definition) is 1. The third-order valence-electron chi connectivity index (χ3n) is 3.39. The third kappa shape index (κ3) is 4.88. The molecule has 0 fully saturated rings. The molecule has 0 saturated heterocycles. The Balaban J connectivity index is 2.12. The normalized spacial score (nSPS) is 11.9. The molecule has 1 amide bonds. The van der Waals surface area contributed by atoms with Crippen LogP contribution in [-0.2, 0) is 4.79 Å². The van der Waals surface area contributed by atoms with E-state index in [1.54, 1.807) is 18.2 Å². The molecule has 3 nitrogen and oxygen atoms in total. The first-order valence-corrected chi connectivity index (χ1v) is 8.15. The molecule has 0 radical (unpaired) electrons. The molecule has 0 bridgehead atoms. The number of ether oxygens (including phenoxy) is 1. The van der Waals surface area contributed by atoms with Gasteiger partial charge in [-0.2, -0.15) is 0 Å². The Morgan fingerprint density at radius 2 is 1.78 bits per heavy atom. The van der Waals surface area contributed by atoms with E-state index in [2.05, 4.69) is 5.32 Å². The smallest absolute Gasteiger partial charge is 0.265 e. The van der Waals surface area contributed by atoms with Crippen molar-refractivity contribution in [3.8, 4) is 5.75 Å². The lowest BCUT2D eigenvalue weighted by Crippen LogP contribution is -2.32. The van der Waals surface area contributed by atoms with Gasteiger partial charge in [-0.15, -0.1) is 0 Å². The second kappa shape index (κ2) is 7.71. The van der Waals surface area contributed by atoms with E-state index in [4.69, 9.17) is 27.9 Å². The molecular weight excluding hydrogens is 333 g/mol. The van der Waals surface area contributed by atoms with Crippen LogP contribution in [0, 0.1) is 13.8 Å². The van der Waals surface area contributed by atoms with Gasteiger partial charge in [-0.3, -0.25) is 4.79 Å². The molecule has 0 aliphatic heterocycles. The highest BCUT2D eigenvalue weighted by Crippen LogP contribution is 2.24. The van der Waals surface area contributed by atoms with Crippen LogP contribution >= 0.6 is 23.2 Å². The highest BCUT2D eigenvalue weighted by molar-refractivity contribution is 6.35. The van der Waals surface area contributed by atoms with E-state index in [0.717, 1.165) is 11.1 Å². The Labute approximate surface area is 146 Å². The molecule has 2 aromatic rings. The van der Waals surface area contributed by atoms with Crippen LogP contribution in [0.5, 0.6) is 5.75 Å². The maximum Gasteiger partial charge on any atom is 0.265 e. The highest BCUT2D eigenvalue weighted by atomic mass is 35.5. The molecule has 2 rings (SSSR count). The second-order valence-electron chi connectivity index (χ2n) is 5.43. The van der Waals surface area contributed by atoms with Gasteiger partial charge in [-0.1, -0.05) is 47.8 Å². The number of carbonyl (C=O) groups excluding carboxylic acids is 1. The van der Waals surface area contributed by atoms with Crippen LogP contribution in [-0.4, -0.2) is 12.0 Å². The van der Waals surface area contributed by atoms with Gasteiger partial charge in [-0.05, 0) is 50.1 Å². The first kappa shape index (κ1) is 17.6. The van der Waals surface area contributed by atoms with Gasteiger partial charge in [-0.25, -0.2) is 0 Å². The van der Waals surface area contributed by atoms with E-state index in [1.807, 2.05) is 39.0 Å². The molecule has 23 heavy (non-hydrogen) atoms. The quantitative estimate of drug-likeness (QED) is 0.782. The van der Waals surface area contributed by atoms with E-state index >= 15 is 0 Å². The molecule has 1 N–H and O–H groups in total. The van der Waals surface area contributed by atoms with Crippen molar-refractivity contribution in [2.24, 2.45) is 0 Å². The molecular formula is C18H19Cl2NO2. The molecule has 2 aromatic carbocycles. The number of nitrogens with one attached hydrogen (secondary N) is 1. The average Bonchev–Trinajstić information content (AvgIpc) is 2.45. The predicted molar refractivity (Wildman–Crippen MR) is 95.7 cm³/mol. The summed E-state index contributed by atoms with van der Waals surface area (Å²) in [6, 6.07) is 10.8. The Hall–Kier alpha value is -1.71. The average molecular weight is 352 g/mol. The van der Waals surface area contributed by atoms with Gasteiger partial charge in [0.15, 0.2) is 6.10 Å². The summed E-state index contributed by atoms with van der Waals surface area (Å²) < 4.78 is 5.87. The lowest BCUT2D eigenvalue weighted by atomic mass is 10.1. The molecule has 0 saturated carbocycles. The lowest BCUT2D eigenvalue weighted by molar-refractivity contribution is -0.122. The topological polar surface area (TPSA) is 38.3 Å². The number of rotatable bonds is 5. The molecule has 0 heterocycles. The van der Waals surface area contributed by atoms with E-state index < -0.39 is 6.10 Å². The zero-order valence-electron chi connectivity index (χ0n) is 13.3. The van der Waals surface area contributed by atoms with E-state index in [-0.39, 0.29) is 5.91 Å². The molecule has 1 atom stereocenters. The third-order valence-corrected chi connectivity index (χ3v) is 3.83. The van der Waals surface area contributed by atoms with Crippen molar-refractivity contribution < 1.29 is 9.53 Å². The van der Waals surface area contributed by atoms with Crippen LogP contribution < -0.4 is 10.1 Å². The van der Waals surface area contributed by atoms with Gasteiger partial charge in [0.25, 0.3) is 5.91 Å². The Morgan fingerprint density at radius 3 is 2.35 bits per heavy atom. The molecule has 0 unspecified atom stereocenters. The van der Waals surface area contributed by atoms with Gasteiger partial charge in [0, 0.05) is 15.7 Å². The molecule has 0 aliphatic rings. The van der Waals surface area contributed by atoms with Gasteiger partial charge in [0.2, 0.25) is 0 Å². The maximum atomic E-state index is 12.4. The van der Waals surface area contributed by atoms with Crippen LogP contribution in [0.1, 0.15) is 24.5 Å². The van der Waals surface area contributed by atoms with Crippen LogP contribution in [0.2, 0.25) is 10.0 Å². The molecule has 0 spiro atoms. The fraction of sp³-hybridized carbons (Fsp3) is 0.278. The van der Waals surface area contributed by atoms with E-state index in [1.165, 1.54) is 0 Å². The summed E-state index contributed by atoms with van der Waals surface area (Å²) in [6.45, 7) is 5.88. The molecule has 0 aliphatic carbocycles. The zero-order chi connectivity index (χ0) is 17.0. The predicted octanol–water partition coefficient (Wildman–Crippen LogP) is 5.41. The summed E-state index contributed by atoms with van der Waals surface area (Å²) in [5.41, 5.74) is 2.71. The standard InChI is InChI=1S/C18H19Cl2NO2/c1-4-16(23-17-6-5-11(2)7-12(17)3)18(22)21-15-9-13(19)8-14(20)10-15/h5-10,16H,4H2,1-3H3,(H,21,22)/t16-/m0/s1. The second-order valence-corrected chi connectivity index (χ2v) is 6.30. The number of hydrogen-bond acceptors (Lipinski definition) is 2. The lowest BCUT2D eigenvalue weighted by Gasteiger charge is -2.19. The molecule has 122 valence electrons. The number of benzene rings is 2. The Bertz CT molecular complexity index is 696. The monoisotopic (exact) mass is 351 g/mol. The fourth-order valence-corrected chi connectivity index (χ4v) is 2.78. The number of carbonyl (C=O) groups is 1. The molecule has 5 heteroatoms. The molecule has 0 aromatic heterocycles. The van der Waals surface area contributed by atoms with Crippen LogP contribution in [0.4, 0.5) is 5.69 Å². The van der Waals surface area contributed by atoms with Gasteiger partial charge in [0.1, 0.15) is 5.75 Å².